The predicted molar refractivity (Wildman–Crippen MR) is 46.8 cm³/mol. The predicted octanol–water partition coefficient (Wildman–Crippen LogP) is 2.76. The quantitative estimate of drug-likeness (QED) is 0.726. The standard InChI is InChI=1S/C10H8F3NO/c1-2-3-15-10-7(11)4-6(5-14)8(12)9(10)13/h4H,2-3H2,1H3. The maximum absolute atomic E-state index is 13.1. The lowest BCUT2D eigenvalue weighted by molar-refractivity contribution is 0.278. The van der Waals surface area contributed by atoms with E-state index in [0.717, 1.165) is 0 Å². The fourth-order valence-corrected chi connectivity index (χ4v) is 0.996. The van der Waals surface area contributed by atoms with Crippen LogP contribution in [0, 0.1) is 28.8 Å². The fourth-order valence-electron chi connectivity index (χ4n) is 0.996. The fraction of sp³-hybridized carbons (Fsp3) is 0.300. The second-order valence-corrected chi connectivity index (χ2v) is 2.82. The molecule has 80 valence electrons. The van der Waals surface area contributed by atoms with Crippen molar-refractivity contribution in [2.75, 3.05) is 6.61 Å². The molecule has 0 atom stereocenters. The van der Waals surface area contributed by atoms with Crippen molar-refractivity contribution in [3.63, 3.8) is 0 Å². The number of benzene rings is 1. The molecule has 0 amide bonds. The molecule has 1 rings (SSSR count). The van der Waals surface area contributed by atoms with Gasteiger partial charge in [-0.3, -0.25) is 0 Å². The largest absolute Gasteiger partial charge is 0.488 e. The molecule has 2 nitrogen and oxygen atoms in total. The van der Waals surface area contributed by atoms with Gasteiger partial charge in [-0.15, -0.1) is 0 Å². The Morgan fingerprint density at radius 3 is 2.53 bits per heavy atom. The molecular weight excluding hydrogens is 207 g/mol. The van der Waals surface area contributed by atoms with E-state index in [2.05, 4.69) is 0 Å². The summed E-state index contributed by atoms with van der Waals surface area (Å²) in [5, 5.41) is 8.37. The lowest BCUT2D eigenvalue weighted by Gasteiger charge is -2.08. The van der Waals surface area contributed by atoms with Crippen molar-refractivity contribution in [1.82, 2.24) is 0 Å². The third-order valence-electron chi connectivity index (χ3n) is 1.69. The van der Waals surface area contributed by atoms with Crippen molar-refractivity contribution >= 4 is 0 Å². The lowest BCUT2D eigenvalue weighted by atomic mass is 10.2. The number of hydrogen-bond donors (Lipinski definition) is 0. The first-order chi connectivity index (χ1) is 7.11. The van der Waals surface area contributed by atoms with Crippen LogP contribution in [-0.2, 0) is 0 Å². The molecule has 0 fully saturated rings. The van der Waals surface area contributed by atoms with Crippen LogP contribution in [-0.4, -0.2) is 6.61 Å². The first-order valence-electron chi connectivity index (χ1n) is 4.32. The number of nitriles is 1. The van der Waals surface area contributed by atoms with E-state index in [1.54, 1.807) is 6.92 Å². The Labute approximate surface area is 84.9 Å². The minimum absolute atomic E-state index is 0.0825. The smallest absolute Gasteiger partial charge is 0.205 e. The highest BCUT2D eigenvalue weighted by molar-refractivity contribution is 5.39. The molecule has 0 heterocycles. The summed E-state index contributed by atoms with van der Waals surface area (Å²) in [6.45, 7) is 1.83. The van der Waals surface area contributed by atoms with E-state index in [4.69, 9.17) is 10.00 Å². The van der Waals surface area contributed by atoms with Crippen molar-refractivity contribution in [2.45, 2.75) is 13.3 Å². The summed E-state index contributed by atoms with van der Waals surface area (Å²) in [6, 6.07) is 1.96. The molecule has 1 aromatic carbocycles. The van der Waals surface area contributed by atoms with E-state index in [1.165, 1.54) is 6.07 Å². The van der Waals surface area contributed by atoms with Crippen LogP contribution >= 0.6 is 0 Å². The highest BCUT2D eigenvalue weighted by atomic mass is 19.2. The average molecular weight is 215 g/mol. The van der Waals surface area contributed by atoms with Crippen LogP contribution in [0.5, 0.6) is 5.75 Å². The van der Waals surface area contributed by atoms with Crippen molar-refractivity contribution in [3.05, 3.63) is 29.1 Å². The average Bonchev–Trinajstić information content (AvgIpc) is 2.23. The number of halogens is 3. The highest BCUT2D eigenvalue weighted by Gasteiger charge is 2.19. The first kappa shape index (κ1) is 11.4. The van der Waals surface area contributed by atoms with E-state index >= 15 is 0 Å². The van der Waals surface area contributed by atoms with Crippen molar-refractivity contribution in [2.24, 2.45) is 0 Å². The molecule has 0 radical (unpaired) electrons. The van der Waals surface area contributed by atoms with Crippen LogP contribution in [0.4, 0.5) is 13.2 Å². The third kappa shape index (κ3) is 2.21. The number of rotatable bonds is 3. The van der Waals surface area contributed by atoms with E-state index in [9.17, 15) is 13.2 Å². The molecule has 15 heavy (non-hydrogen) atoms. The molecule has 0 aromatic heterocycles. The summed E-state index contributed by atoms with van der Waals surface area (Å²) in [6.07, 6.45) is 0.542. The van der Waals surface area contributed by atoms with Gasteiger partial charge in [-0.2, -0.15) is 9.65 Å². The van der Waals surface area contributed by atoms with Crippen molar-refractivity contribution in [1.29, 1.82) is 5.26 Å². The topological polar surface area (TPSA) is 33.0 Å². The van der Waals surface area contributed by atoms with Crippen LogP contribution in [0.2, 0.25) is 0 Å². The zero-order valence-electron chi connectivity index (χ0n) is 7.98. The summed E-state index contributed by atoms with van der Waals surface area (Å²) in [5.74, 6) is -4.68. The Bertz CT molecular complexity index is 412. The van der Waals surface area contributed by atoms with Gasteiger partial charge in [0.05, 0.1) is 12.2 Å². The molecule has 0 saturated carbocycles. The molecule has 1 aromatic rings. The van der Waals surface area contributed by atoms with Gasteiger partial charge in [0.25, 0.3) is 0 Å². The Morgan fingerprint density at radius 1 is 1.33 bits per heavy atom. The Morgan fingerprint density at radius 2 is 2.00 bits per heavy atom. The zero-order valence-corrected chi connectivity index (χ0v) is 7.98. The van der Waals surface area contributed by atoms with Gasteiger partial charge in [0.15, 0.2) is 17.4 Å². The van der Waals surface area contributed by atoms with Crippen molar-refractivity contribution < 1.29 is 17.9 Å². The van der Waals surface area contributed by atoms with Gasteiger partial charge < -0.3 is 4.74 Å². The van der Waals surface area contributed by atoms with Gasteiger partial charge in [-0.1, -0.05) is 6.92 Å². The number of hydrogen-bond acceptors (Lipinski definition) is 2. The monoisotopic (exact) mass is 215 g/mol. The first-order valence-corrected chi connectivity index (χ1v) is 4.32. The van der Waals surface area contributed by atoms with E-state index in [-0.39, 0.29) is 6.61 Å². The van der Waals surface area contributed by atoms with Gasteiger partial charge in [-0.25, -0.2) is 8.78 Å². The molecule has 0 bridgehead atoms. The van der Waals surface area contributed by atoms with Crippen LogP contribution in [0.15, 0.2) is 6.07 Å². The maximum atomic E-state index is 13.1. The second-order valence-electron chi connectivity index (χ2n) is 2.82. The van der Waals surface area contributed by atoms with Gasteiger partial charge in [0, 0.05) is 0 Å². The van der Waals surface area contributed by atoms with Crippen molar-refractivity contribution in [3.8, 4) is 11.8 Å². The van der Waals surface area contributed by atoms with E-state index in [0.29, 0.717) is 12.5 Å². The summed E-state index contributed by atoms with van der Waals surface area (Å²) in [7, 11) is 0. The number of nitrogens with zero attached hydrogens (tertiary/aromatic N) is 1. The van der Waals surface area contributed by atoms with Crippen LogP contribution < -0.4 is 4.74 Å². The molecule has 0 aliphatic heterocycles. The molecule has 0 aliphatic carbocycles. The van der Waals surface area contributed by atoms with Gasteiger partial charge in [0.1, 0.15) is 6.07 Å². The number of ether oxygens (including phenoxy) is 1. The molecule has 0 saturated heterocycles. The Kier molecular flexibility index (Phi) is 3.56. The van der Waals surface area contributed by atoms with Gasteiger partial charge in [-0.05, 0) is 12.5 Å². The van der Waals surface area contributed by atoms with Gasteiger partial charge >= 0.3 is 0 Å². The maximum Gasteiger partial charge on any atom is 0.205 e. The molecule has 0 unspecified atom stereocenters. The summed E-state index contributed by atoms with van der Waals surface area (Å²) in [4.78, 5) is 0. The van der Waals surface area contributed by atoms with E-state index < -0.39 is 28.8 Å². The van der Waals surface area contributed by atoms with Crippen LogP contribution in [0.25, 0.3) is 0 Å². The van der Waals surface area contributed by atoms with Crippen LogP contribution in [0.1, 0.15) is 18.9 Å². The Hall–Kier alpha value is -1.70. The summed E-state index contributed by atoms with van der Waals surface area (Å²) < 4.78 is 44.0. The highest BCUT2D eigenvalue weighted by Crippen LogP contribution is 2.26. The van der Waals surface area contributed by atoms with Gasteiger partial charge in [0.2, 0.25) is 5.82 Å². The third-order valence-corrected chi connectivity index (χ3v) is 1.69. The summed E-state index contributed by atoms with van der Waals surface area (Å²) >= 11 is 0. The second kappa shape index (κ2) is 4.69. The Balaban J connectivity index is 3.19. The molecular formula is C10H8F3NO. The summed E-state index contributed by atoms with van der Waals surface area (Å²) in [5.41, 5.74) is -0.672. The van der Waals surface area contributed by atoms with Crippen LogP contribution in [0.3, 0.4) is 0 Å². The minimum Gasteiger partial charge on any atom is -0.488 e. The lowest BCUT2D eigenvalue weighted by Crippen LogP contribution is -2.03. The molecule has 0 aliphatic rings. The molecule has 0 spiro atoms. The molecule has 5 heteroatoms. The SMILES string of the molecule is CCCOc1c(F)cc(C#N)c(F)c1F. The van der Waals surface area contributed by atoms with E-state index in [1.807, 2.05) is 0 Å². The normalized spacial score (nSPS) is 9.80. The minimum atomic E-state index is -1.46. The molecule has 0 N–H and O–H groups in total. The zero-order chi connectivity index (χ0) is 11.4.